The van der Waals surface area contributed by atoms with Gasteiger partial charge < -0.3 is 19.1 Å². The highest BCUT2D eigenvalue weighted by Crippen LogP contribution is 2.23. The molecule has 3 heterocycles. The zero-order valence-electron chi connectivity index (χ0n) is 12.7. The number of fused-ring (bicyclic) bond motifs is 1. The lowest BCUT2D eigenvalue weighted by atomic mass is 9.98. The minimum atomic E-state index is 0.125. The molecule has 0 bridgehead atoms. The minimum absolute atomic E-state index is 0.125. The molecule has 2 atom stereocenters. The standard InChI is InChI=1S/C15H23N3O3/c1-3-17-5-4-14-13(10-17)18(6-7-20-14)15(19)9-12-8-11(2)21-16-12/h8,13-14H,3-7,9-10H2,1-2H3/t13-,14+/m0/s1. The third kappa shape index (κ3) is 3.11. The Morgan fingerprint density at radius 1 is 1.48 bits per heavy atom. The van der Waals surface area contributed by atoms with Crippen LogP contribution >= 0.6 is 0 Å². The van der Waals surface area contributed by atoms with Crippen molar-refractivity contribution >= 4 is 5.91 Å². The molecule has 3 rings (SSSR count). The fraction of sp³-hybridized carbons (Fsp3) is 0.733. The quantitative estimate of drug-likeness (QED) is 0.827. The van der Waals surface area contributed by atoms with Gasteiger partial charge in [-0.2, -0.15) is 0 Å². The number of morpholine rings is 1. The molecule has 0 N–H and O–H groups in total. The van der Waals surface area contributed by atoms with Crippen LogP contribution in [0.3, 0.4) is 0 Å². The molecule has 1 aromatic rings. The second kappa shape index (κ2) is 6.15. The van der Waals surface area contributed by atoms with Crippen LogP contribution in [0.1, 0.15) is 24.8 Å². The predicted molar refractivity (Wildman–Crippen MR) is 76.9 cm³/mol. The molecule has 2 aliphatic rings. The molecular formula is C15H23N3O3. The van der Waals surface area contributed by atoms with Crippen LogP contribution in [0.25, 0.3) is 0 Å². The first-order valence-corrected chi connectivity index (χ1v) is 7.73. The van der Waals surface area contributed by atoms with E-state index in [1.54, 1.807) is 0 Å². The van der Waals surface area contributed by atoms with E-state index in [4.69, 9.17) is 9.26 Å². The molecule has 6 nitrogen and oxygen atoms in total. The maximum atomic E-state index is 12.6. The molecular weight excluding hydrogens is 270 g/mol. The summed E-state index contributed by atoms with van der Waals surface area (Å²) in [6.45, 7) is 8.30. The molecule has 2 saturated heterocycles. The molecule has 1 aromatic heterocycles. The maximum Gasteiger partial charge on any atom is 0.229 e. The normalized spacial score (nSPS) is 26.7. The number of carbonyl (C=O) groups excluding carboxylic acids is 1. The fourth-order valence-electron chi connectivity index (χ4n) is 3.29. The van der Waals surface area contributed by atoms with Gasteiger partial charge in [-0.15, -0.1) is 0 Å². The van der Waals surface area contributed by atoms with E-state index in [2.05, 4.69) is 17.0 Å². The molecule has 21 heavy (non-hydrogen) atoms. The lowest BCUT2D eigenvalue weighted by molar-refractivity contribution is -0.151. The van der Waals surface area contributed by atoms with Gasteiger partial charge in [0.2, 0.25) is 5.91 Å². The van der Waals surface area contributed by atoms with Crippen molar-refractivity contribution in [3.63, 3.8) is 0 Å². The van der Waals surface area contributed by atoms with Crippen molar-refractivity contribution in [1.82, 2.24) is 15.0 Å². The highest BCUT2D eigenvalue weighted by molar-refractivity contribution is 5.78. The topological polar surface area (TPSA) is 58.8 Å². The molecule has 1 amide bonds. The van der Waals surface area contributed by atoms with Gasteiger partial charge in [-0.25, -0.2) is 0 Å². The Kier molecular flexibility index (Phi) is 4.26. The van der Waals surface area contributed by atoms with Crippen molar-refractivity contribution in [3.05, 3.63) is 17.5 Å². The molecule has 2 fully saturated rings. The van der Waals surface area contributed by atoms with Gasteiger partial charge in [0.1, 0.15) is 5.76 Å². The van der Waals surface area contributed by atoms with Gasteiger partial charge in [0, 0.05) is 25.7 Å². The third-order valence-electron chi connectivity index (χ3n) is 4.45. The number of likely N-dealkylation sites (tertiary alicyclic amines) is 1. The van der Waals surface area contributed by atoms with Crippen LogP contribution in [-0.2, 0) is 16.0 Å². The first kappa shape index (κ1) is 14.5. The number of ether oxygens (including phenoxy) is 1. The SMILES string of the molecule is CCN1CC[C@H]2OCCN(C(=O)Cc3cc(C)on3)[C@H]2C1. The zero-order chi connectivity index (χ0) is 14.8. The van der Waals surface area contributed by atoms with Crippen LogP contribution in [0.15, 0.2) is 10.6 Å². The van der Waals surface area contributed by atoms with E-state index < -0.39 is 0 Å². The van der Waals surface area contributed by atoms with Crippen LogP contribution in [-0.4, -0.2) is 65.8 Å². The van der Waals surface area contributed by atoms with Gasteiger partial charge in [-0.3, -0.25) is 4.79 Å². The Morgan fingerprint density at radius 2 is 2.33 bits per heavy atom. The highest BCUT2D eigenvalue weighted by Gasteiger charge is 2.38. The van der Waals surface area contributed by atoms with E-state index in [0.29, 0.717) is 25.3 Å². The van der Waals surface area contributed by atoms with Crippen molar-refractivity contribution in [2.75, 3.05) is 32.8 Å². The summed E-state index contributed by atoms with van der Waals surface area (Å²) in [5, 5.41) is 3.92. The molecule has 6 heteroatoms. The van der Waals surface area contributed by atoms with Crippen LogP contribution in [0.5, 0.6) is 0 Å². The number of rotatable bonds is 3. The molecule has 0 aliphatic carbocycles. The first-order chi connectivity index (χ1) is 10.2. The molecule has 0 spiro atoms. The summed E-state index contributed by atoms with van der Waals surface area (Å²) in [5.41, 5.74) is 0.712. The average molecular weight is 293 g/mol. The third-order valence-corrected chi connectivity index (χ3v) is 4.45. The Balaban J connectivity index is 1.68. The van der Waals surface area contributed by atoms with Gasteiger partial charge in [0.05, 0.1) is 30.9 Å². The van der Waals surface area contributed by atoms with Crippen LogP contribution in [0, 0.1) is 6.92 Å². The molecule has 116 valence electrons. The second-order valence-electron chi connectivity index (χ2n) is 5.85. The van der Waals surface area contributed by atoms with Crippen molar-refractivity contribution in [1.29, 1.82) is 0 Å². The van der Waals surface area contributed by atoms with Gasteiger partial charge in [-0.05, 0) is 19.9 Å². The number of amides is 1. The minimum Gasteiger partial charge on any atom is -0.374 e. The summed E-state index contributed by atoms with van der Waals surface area (Å²) in [6, 6.07) is 2.00. The van der Waals surface area contributed by atoms with Crippen LogP contribution in [0.2, 0.25) is 0 Å². The van der Waals surface area contributed by atoms with E-state index in [-0.39, 0.29) is 18.1 Å². The highest BCUT2D eigenvalue weighted by atomic mass is 16.5. The molecule has 0 radical (unpaired) electrons. The van der Waals surface area contributed by atoms with E-state index in [0.717, 1.165) is 31.8 Å². The van der Waals surface area contributed by atoms with E-state index in [1.165, 1.54) is 0 Å². The lowest BCUT2D eigenvalue weighted by Gasteiger charge is -2.46. The van der Waals surface area contributed by atoms with Gasteiger partial charge >= 0.3 is 0 Å². The van der Waals surface area contributed by atoms with Crippen molar-refractivity contribution < 1.29 is 14.1 Å². The van der Waals surface area contributed by atoms with Crippen LogP contribution < -0.4 is 0 Å². The number of carbonyl (C=O) groups is 1. The number of likely N-dealkylation sites (N-methyl/N-ethyl adjacent to an activating group) is 1. The van der Waals surface area contributed by atoms with Crippen LogP contribution in [0.4, 0.5) is 0 Å². The summed E-state index contributed by atoms with van der Waals surface area (Å²) in [4.78, 5) is 17.0. The number of hydrogen-bond donors (Lipinski definition) is 0. The van der Waals surface area contributed by atoms with E-state index >= 15 is 0 Å². The Morgan fingerprint density at radius 3 is 3.05 bits per heavy atom. The van der Waals surface area contributed by atoms with Gasteiger partial charge in [0.15, 0.2) is 0 Å². The van der Waals surface area contributed by atoms with Crippen molar-refractivity contribution in [3.8, 4) is 0 Å². The first-order valence-electron chi connectivity index (χ1n) is 7.73. The number of aromatic nitrogens is 1. The van der Waals surface area contributed by atoms with E-state index in [9.17, 15) is 4.79 Å². The Labute approximate surface area is 125 Å². The zero-order valence-corrected chi connectivity index (χ0v) is 12.7. The molecule has 0 saturated carbocycles. The van der Waals surface area contributed by atoms with Gasteiger partial charge in [0.25, 0.3) is 0 Å². The molecule has 0 aromatic carbocycles. The Hall–Kier alpha value is -1.40. The van der Waals surface area contributed by atoms with Crippen molar-refractivity contribution in [2.24, 2.45) is 0 Å². The lowest BCUT2D eigenvalue weighted by Crippen LogP contribution is -2.61. The predicted octanol–water partition coefficient (Wildman–Crippen LogP) is 0.847. The monoisotopic (exact) mass is 293 g/mol. The second-order valence-corrected chi connectivity index (χ2v) is 5.85. The number of aryl methyl sites for hydroxylation is 1. The number of piperidine rings is 1. The van der Waals surface area contributed by atoms with Crippen molar-refractivity contribution in [2.45, 2.75) is 38.8 Å². The summed E-state index contributed by atoms with van der Waals surface area (Å²) in [5.74, 6) is 0.868. The largest absolute Gasteiger partial charge is 0.374 e. The average Bonchev–Trinajstić information content (AvgIpc) is 2.91. The summed E-state index contributed by atoms with van der Waals surface area (Å²) in [7, 11) is 0. The fourth-order valence-corrected chi connectivity index (χ4v) is 3.29. The summed E-state index contributed by atoms with van der Waals surface area (Å²) in [6.07, 6.45) is 1.50. The summed E-state index contributed by atoms with van der Waals surface area (Å²) >= 11 is 0. The summed E-state index contributed by atoms with van der Waals surface area (Å²) < 4.78 is 10.9. The smallest absolute Gasteiger partial charge is 0.229 e. The van der Waals surface area contributed by atoms with E-state index in [1.807, 2.05) is 17.9 Å². The number of hydrogen-bond acceptors (Lipinski definition) is 5. The maximum absolute atomic E-state index is 12.6. The molecule has 2 aliphatic heterocycles. The van der Waals surface area contributed by atoms with Gasteiger partial charge in [-0.1, -0.05) is 12.1 Å². The molecule has 0 unspecified atom stereocenters. The Bertz CT molecular complexity index is 502. The number of nitrogens with zero attached hydrogens (tertiary/aromatic N) is 3.